The Labute approximate surface area is 175 Å². The van der Waals surface area contributed by atoms with E-state index in [1.54, 1.807) is 0 Å². The third-order valence-corrected chi connectivity index (χ3v) is 6.94. The number of aliphatic hydroxyl groups excluding tert-OH is 2. The Bertz CT molecular complexity index is 998. The summed E-state index contributed by atoms with van der Waals surface area (Å²) in [5.41, 5.74) is 2.16. The maximum Gasteiger partial charge on any atom is 0.146 e. The molecule has 146 valence electrons. The molecule has 2 aromatic heterocycles. The van der Waals surface area contributed by atoms with Crippen LogP contribution >= 0.6 is 34.3 Å². The lowest BCUT2D eigenvalue weighted by atomic mass is 9.93. The first-order valence-electron chi connectivity index (χ1n) is 8.76. The zero-order valence-corrected chi connectivity index (χ0v) is 17.2. The zero-order valence-electron chi connectivity index (χ0n) is 14.8. The molecule has 0 unspecified atom stereocenters. The van der Waals surface area contributed by atoms with E-state index in [0.29, 0.717) is 40.9 Å². The molecule has 0 spiro atoms. The number of ketones is 1. The number of carbonyl (C=O) groups excluding carboxylic acids is 1. The van der Waals surface area contributed by atoms with Gasteiger partial charge in [0.1, 0.15) is 15.8 Å². The summed E-state index contributed by atoms with van der Waals surface area (Å²) in [6, 6.07) is 7.65. The lowest BCUT2D eigenvalue weighted by Crippen LogP contribution is -2.51. The monoisotopic (exact) mass is 435 g/mol. The first kappa shape index (κ1) is 19.5. The Balaban J connectivity index is 1.39. The van der Waals surface area contributed by atoms with Crippen LogP contribution in [0.5, 0.6) is 0 Å². The first-order valence-corrected chi connectivity index (χ1v) is 10.8. The highest BCUT2D eigenvalue weighted by Crippen LogP contribution is 2.34. The van der Waals surface area contributed by atoms with Crippen molar-refractivity contribution in [2.45, 2.75) is 19.6 Å². The van der Waals surface area contributed by atoms with Crippen LogP contribution in [0.25, 0.3) is 10.6 Å². The second kappa shape index (κ2) is 8.26. The molecule has 1 fully saturated rings. The summed E-state index contributed by atoms with van der Waals surface area (Å²) in [5.74, 6) is 0.160. The molecule has 1 aliphatic rings. The van der Waals surface area contributed by atoms with E-state index < -0.39 is 0 Å². The fourth-order valence-corrected chi connectivity index (χ4v) is 5.17. The molecule has 1 aromatic carbocycles. The molecule has 0 radical (unpaired) electrons. The maximum absolute atomic E-state index is 12.6. The van der Waals surface area contributed by atoms with E-state index in [2.05, 4.69) is 14.9 Å². The van der Waals surface area contributed by atoms with Crippen LogP contribution in [0.15, 0.2) is 29.6 Å². The maximum atomic E-state index is 12.6. The summed E-state index contributed by atoms with van der Waals surface area (Å²) >= 11 is 8.95. The number of hydrogen-bond acceptors (Lipinski definition) is 8. The summed E-state index contributed by atoms with van der Waals surface area (Å²) < 4.78 is 0. The average molecular weight is 436 g/mol. The van der Waals surface area contributed by atoms with E-state index in [1.165, 1.54) is 22.7 Å². The molecule has 1 aliphatic heterocycles. The van der Waals surface area contributed by atoms with Crippen LogP contribution in [-0.4, -0.2) is 39.1 Å². The summed E-state index contributed by atoms with van der Waals surface area (Å²) in [7, 11) is 0. The number of para-hydroxylation sites is 1. The average Bonchev–Trinajstić information content (AvgIpc) is 3.28. The first-order chi connectivity index (χ1) is 13.6. The van der Waals surface area contributed by atoms with Gasteiger partial charge in [-0.1, -0.05) is 23.7 Å². The lowest BCUT2D eigenvalue weighted by molar-refractivity contribution is -0.122. The molecule has 0 aliphatic carbocycles. The summed E-state index contributed by atoms with van der Waals surface area (Å²) in [5, 5.41) is 22.6. The zero-order chi connectivity index (χ0) is 19.7. The van der Waals surface area contributed by atoms with Crippen LogP contribution in [-0.2, 0) is 24.4 Å². The Hall–Kier alpha value is -1.84. The smallest absolute Gasteiger partial charge is 0.146 e. The molecule has 0 bridgehead atoms. The number of carbonyl (C=O) groups is 1. The van der Waals surface area contributed by atoms with E-state index in [9.17, 15) is 15.0 Å². The Kier molecular flexibility index (Phi) is 5.75. The van der Waals surface area contributed by atoms with Crippen LogP contribution in [0.2, 0.25) is 5.02 Å². The Morgan fingerprint density at radius 1 is 1.18 bits per heavy atom. The van der Waals surface area contributed by atoms with Crippen LogP contribution < -0.4 is 4.90 Å². The molecule has 1 saturated heterocycles. The highest BCUT2D eigenvalue weighted by Gasteiger charge is 2.33. The van der Waals surface area contributed by atoms with Gasteiger partial charge in [0.25, 0.3) is 0 Å². The molecular formula is C19H18ClN3O3S2. The Morgan fingerprint density at radius 3 is 2.68 bits per heavy atom. The van der Waals surface area contributed by atoms with Crippen LogP contribution in [0.4, 0.5) is 5.69 Å². The highest BCUT2D eigenvalue weighted by atomic mass is 35.5. The predicted molar refractivity (Wildman–Crippen MR) is 111 cm³/mol. The fourth-order valence-electron chi connectivity index (χ4n) is 3.15. The van der Waals surface area contributed by atoms with Gasteiger partial charge < -0.3 is 15.1 Å². The number of rotatable bonds is 7. The molecule has 6 nitrogen and oxygen atoms in total. The molecule has 4 rings (SSSR count). The Morgan fingerprint density at radius 2 is 1.96 bits per heavy atom. The molecule has 0 saturated carbocycles. The minimum absolute atomic E-state index is 0.0129. The van der Waals surface area contributed by atoms with E-state index in [1.807, 2.05) is 29.6 Å². The molecule has 2 N–H and O–H groups in total. The van der Waals surface area contributed by atoms with Crippen molar-refractivity contribution >= 4 is 45.7 Å². The summed E-state index contributed by atoms with van der Waals surface area (Å²) in [4.78, 5) is 24.2. The van der Waals surface area contributed by atoms with Gasteiger partial charge in [-0.25, -0.2) is 9.97 Å². The van der Waals surface area contributed by atoms with Gasteiger partial charge in [-0.05, 0) is 12.1 Å². The highest BCUT2D eigenvalue weighted by molar-refractivity contribution is 7.16. The number of aromatic nitrogens is 2. The van der Waals surface area contributed by atoms with E-state index in [0.717, 1.165) is 15.6 Å². The molecule has 3 heterocycles. The summed E-state index contributed by atoms with van der Waals surface area (Å²) in [6.07, 6.45) is 0.297. The number of hydrogen-bond donors (Lipinski definition) is 2. The van der Waals surface area contributed by atoms with Crippen molar-refractivity contribution in [3.05, 3.63) is 50.4 Å². The molecule has 0 amide bonds. The largest absolute Gasteiger partial charge is 0.390 e. The van der Waals surface area contributed by atoms with Gasteiger partial charge in [0, 0.05) is 18.5 Å². The van der Waals surface area contributed by atoms with Crippen molar-refractivity contribution in [3.63, 3.8) is 0 Å². The van der Waals surface area contributed by atoms with Crippen molar-refractivity contribution in [2.24, 2.45) is 5.92 Å². The number of Topliss-reactive ketones (excluding diaryl/α,β-unsaturated/α-hetero) is 1. The third kappa shape index (κ3) is 3.83. The van der Waals surface area contributed by atoms with E-state index in [4.69, 9.17) is 11.6 Å². The van der Waals surface area contributed by atoms with E-state index in [-0.39, 0.29) is 24.9 Å². The van der Waals surface area contributed by atoms with Crippen molar-refractivity contribution in [1.29, 1.82) is 0 Å². The second-order valence-corrected chi connectivity index (χ2v) is 8.96. The number of nitrogens with zero attached hydrogens (tertiary/aromatic N) is 3. The minimum atomic E-state index is -0.211. The van der Waals surface area contributed by atoms with E-state index >= 15 is 0 Å². The number of anilines is 1. The van der Waals surface area contributed by atoms with Gasteiger partial charge in [0.2, 0.25) is 0 Å². The van der Waals surface area contributed by atoms with Crippen LogP contribution in [0, 0.1) is 5.92 Å². The van der Waals surface area contributed by atoms with Crippen molar-refractivity contribution in [1.82, 2.24) is 9.97 Å². The lowest BCUT2D eigenvalue weighted by Gasteiger charge is -2.40. The van der Waals surface area contributed by atoms with Crippen molar-refractivity contribution in [2.75, 3.05) is 18.0 Å². The number of halogens is 1. The topological polar surface area (TPSA) is 86.5 Å². The molecule has 28 heavy (non-hydrogen) atoms. The number of aliphatic hydroxyl groups is 2. The molecule has 0 atom stereocenters. The van der Waals surface area contributed by atoms with Crippen molar-refractivity contribution in [3.8, 4) is 10.6 Å². The molecular weight excluding hydrogens is 418 g/mol. The quantitative estimate of drug-likeness (QED) is 0.592. The predicted octanol–water partition coefficient (Wildman–Crippen LogP) is 3.15. The van der Waals surface area contributed by atoms with Gasteiger partial charge in [0.05, 0.1) is 52.5 Å². The van der Waals surface area contributed by atoms with Gasteiger partial charge in [-0.3, -0.25) is 4.79 Å². The van der Waals surface area contributed by atoms with Crippen LogP contribution in [0.3, 0.4) is 0 Å². The van der Waals surface area contributed by atoms with Crippen molar-refractivity contribution < 1.29 is 15.0 Å². The third-order valence-electron chi connectivity index (χ3n) is 4.67. The number of benzene rings is 1. The van der Waals surface area contributed by atoms with Crippen LogP contribution in [0.1, 0.15) is 15.7 Å². The molecule has 3 aromatic rings. The fraction of sp³-hybridized carbons (Fsp3) is 0.316. The van der Waals surface area contributed by atoms with Gasteiger partial charge >= 0.3 is 0 Å². The van der Waals surface area contributed by atoms with Gasteiger partial charge in [0.15, 0.2) is 0 Å². The molecule has 9 heteroatoms. The van der Waals surface area contributed by atoms with Gasteiger partial charge in [-0.15, -0.1) is 22.7 Å². The number of thiazole rings is 2. The second-order valence-electron chi connectivity index (χ2n) is 6.52. The summed E-state index contributed by atoms with van der Waals surface area (Å²) in [6.45, 7) is 0.961. The normalized spacial score (nSPS) is 14.3. The van der Waals surface area contributed by atoms with Gasteiger partial charge in [-0.2, -0.15) is 0 Å². The SMILES string of the molecule is O=C(Cc1nc(-c2sc(CO)nc2CO)cs1)C1CN(c2ccccc2Cl)C1. The minimum Gasteiger partial charge on any atom is -0.390 e. The standard InChI is InChI=1S/C19H18ClN3O3S2/c20-12-3-1-2-4-15(12)23-6-11(7-23)16(26)5-17-22-14(10-27-17)19-13(8-24)21-18(9-25)28-19/h1-4,10-11,24-25H,5-9H2.